The first-order valence-electron chi connectivity index (χ1n) is 5.63. The number of rotatable bonds is 3. The number of carbonyl (C=O) groups is 1. The molecule has 2 nitrogen and oxygen atoms in total. The molecule has 2 rings (SSSR count). The number of hydrogen-bond acceptors (Lipinski definition) is 3. The molecule has 18 heavy (non-hydrogen) atoms. The monoisotopic (exact) mass is 297 g/mol. The van der Waals surface area contributed by atoms with Crippen LogP contribution in [0.25, 0.3) is 6.08 Å². The molecule has 0 N–H and O–H groups in total. The van der Waals surface area contributed by atoms with Gasteiger partial charge in [-0.3, -0.25) is 9.69 Å². The van der Waals surface area contributed by atoms with Crippen LogP contribution in [0.3, 0.4) is 0 Å². The van der Waals surface area contributed by atoms with Crippen molar-refractivity contribution in [3.63, 3.8) is 0 Å². The van der Waals surface area contributed by atoms with Gasteiger partial charge in [0.2, 0.25) is 0 Å². The molecule has 1 aliphatic heterocycles. The number of thioether (sulfide) groups is 1. The van der Waals surface area contributed by atoms with Gasteiger partial charge in [-0.25, -0.2) is 0 Å². The molecular formula is C13H12ClNOS2. The first-order chi connectivity index (χ1) is 8.63. The van der Waals surface area contributed by atoms with Crippen LogP contribution in [0.15, 0.2) is 29.2 Å². The highest BCUT2D eigenvalue weighted by atomic mass is 35.5. The number of nitrogens with zero attached hydrogens (tertiary/aromatic N) is 1. The molecule has 94 valence electrons. The predicted octanol–water partition coefficient (Wildman–Crippen LogP) is 3.95. The van der Waals surface area contributed by atoms with Crippen LogP contribution < -0.4 is 0 Å². The lowest BCUT2D eigenvalue weighted by molar-refractivity contribution is -0.122. The maximum absolute atomic E-state index is 12.1. The van der Waals surface area contributed by atoms with Crippen LogP contribution in [0.5, 0.6) is 0 Å². The van der Waals surface area contributed by atoms with Crippen molar-refractivity contribution in [3.8, 4) is 0 Å². The summed E-state index contributed by atoms with van der Waals surface area (Å²) in [5.74, 6) is -0.0215. The molecule has 0 saturated carbocycles. The van der Waals surface area contributed by atoms with E-state index in [9.17, 15) is 4.79 Å². The molecule has 1 heterocycles. The Morgan fingerprint density at radius 3 is 2.83 bits per heavy atom. The minimum Gasteiger partial charge on any atom is -0.293 e. The third kappa shape index (κ3) is 2.76. The van der Waals surface area contributed by atoms with Gasteiger partial charge in [-0.05, 0) is 24.1 Å². The molecule has 0 unspecified atom stereocenters. The van der Waals surface area contributed by atoms with Crippen LogP contribution in [0.1, 0.15) is 18.9 Å². The fraction of sp³-hybridized carbons (Fsp3) is 0.231. The summed E-state index contributed by atoms with van der Waals surface area (Å²) in [6.45, 7) is 2.70. The van der Waals surface area contributed by atoms with Gasteiger partial charge in [0.05, 0.1) is 4.91 Å². The Morgan fingerprint density at radius 1 is 1.44 bits per heavy atom. The zero-order valence-electron chi connectivity index (χ0n) is 9.85. The van der Waals surface area contributed by atoms with Crippen molar-refractivity contribution in [1.29, 1.82) is 0 Å². The van der Waals surface area contributed by atoms with Gasteiger partial charge in [0.25, 0.3) is 5.91 Å². The highest BCUT2D eigenvalue weighted by molar-refractivity contribution is 8.26. The summed E-state index contributed by atoms with van der Waals surface area (Å²) in [4.78, 5) is 14.4. The van der Waals surface area contributed by atoms with E-state index >= 15 is 0 Å². The van der Waals surface area contributed by atoms with Crippen molar-refractivity contribution in [2.24, 2.45) is 0 Å². The van der Waals surface area contributed by atoms with Crippen molar-refractivity contribution < 1.29 is 4.79 Å². The van der Waals surface area contributed by atoms with Crippen LogP contribution in [0.2, 0.25) is 5.02 Å². The second kappa shape index (κ2) is 5.87. The van der Waals surface area contributed by atoms with Crippen molar-refractivity contribution >= 4 is 51.9 Å². The zero-order valence-corrected chi connectivity index (χ0v) is 12.2. The SMILES string of the molecule is CCCN1C(=O)/C(=C\c2ccccc2Cl)SC1=S. The lowest BCUT2D eigenvalue weighted by atomic mass is 10.2. The van der Waals surface area contributed by atoms with E-state index in [0.29, 0.717) is 20.8 Å². The number of carbonyl (C=O) groups excluding carboxylic acids is 1. The van der Waals surface area contributed by atoms with Crippen molar-refractivity contribution in [2.75, 3.05) is 6.54 Å². The Hall–Kier alpha value is -0.840. The average Bonchev–Trinajstić information content (AvgIpc) is 2.60. The standard InChI is InChI=1S/C13H12ClNOS2/c1-2-7-15-12(16)11(18-13(15)17)8-9-5-3-4-6-10(9)14/h3-6,8H,2,7H2,1H3/b11-8+. The van der Waals surface area contributed by atoms with Gasteiger partial charge in [-0.1, -0.05) is 60.7 Å². The summed E-state index contributed by atoms with van der Waals surface area (Å²) in [7, 11) is 0. The third-order valence-corrected chi connectivity index (χ3v) is 4.23. The molecular weight excluding hydrogens is 286 g/mol. The third-order valence-electron chi connectivity index (χ3n) is 2.51. The molecule has 1 aromatic carbocycles. The highest BCUT2D eigenvalue weighted by Gasteiger charge is 2.31. The Balaban J connectivity index is 2.28. The van der Waals surface area contributed by atoms with E-state index < -0.39 is 0 Å². The number of benzene rings is 1. The van der Waals surface area contributed by atoms with Gasteiger partial charge in [0.15, 0.2) is 0 Å². The zero-order chi connectivity index (χ0) is 13.1. The van der Waals surface area contributed by atoms with E-state index in [1.807, 2.05) is 25.1 Å². The Labute approximate surface area is 121 Å². The predicted molar refractivity (Wildman–Crippen MR) is 81.6 cm³/mol. The van der Waals surface area contributed by atoms with Gasteiger partial charge in [-0.2, -0.15) is 0 Å². The molecule has 1 amide bonds. The van der Waals surface area contributed by atoms with Gasteiger partial charge >= 0.3 is 0 Å². The normalized spacial score (nSPS) is 17.9. The lowest BCUT2D eigenvalue weighted by Crippen LogP contribution is -2.28. The van der Waals surface area contributed by atoms with E-state index in [1.54, 1.807) is 17.0 Å². The summed E-state index contributed by atoms with van der Waals surface area (Å²) >= 11 is 12.6. The topological polar surface area (TPSA) is 20.3 Å². The van der Waals surface area contributed by atoms with E-state index in [1.165, 1.54) is 11.8 Å². The fourth-order valence-corrected chi connectivity index (χ4v) is 3.14. The molecule has 0 radical (unpaired) electrons. The summed E-state index contributed by atoms with van der Waals surface area (Å²) in [6, 6.07) is 7.45. The van der Waals surface area contributed by atoms with E-state index in [4.69, 9.17) is 23.8 Å². The molecule has 1 aliphatic rings. The molecule has 1 saturated heterocycles. The molecule has 1 fully saturated rings. The van der Waals surface area contributed by atoms with Crippen molar-refractivity contribution in [1.82, 2.24) is 4.90 Å². The Kier molecular flexibility index (Phi) is 4.43. The average molecular weight is 298 g/mol. The highest BCUT2D eigenvalue weighted by Crippen LogP contribution is 2.33. The first-order valence-corrected chi connectivity index (χ1v) is 7.23. The van der Waals surface area contributed by atoms with Gasteiger partial charge in [0.1, 0.15) is 4.32 Å². The van der Waals surface area contributed by atoms with Crippen LogP contribution >= 0.6 is 35.6 Å². The van der Waals surface area contributed by atoms with Crippen LogP contribution in [-0.2, 0) is 4.79 Å². The van der Waals surface area contributed by atoms with Crippen molar-refractivity contribution in [3.05, 3.63) is 39.8 Å². The Morgan fingerprint density at radius 2 is 2.17 bits per heavy atom. The Bertz CT molecular complexity index is 527. The molecule has 1 aromatic rings. The number of halogens is 1. The summed E-state index contributed by atoms with van der Waals surface area (Å²) < 4.78 is 0.625. The van der Waals surface area contributed by atoms with Crippen LogP contribution in [0.4, 0.5) is 0 Å². The van der Waals surface area contributed by atoms with Crippen molar-refractivity contribution in [2.45, 2.75) is 13.3 Å². The largest absolute Gasteiger partial charge is 0.293 e. The molecule has 0 atom stereocenters. The summed E-state index contributed by atoms with van der Waals surface area (Å²) in [5, 5.41) is 0.637. The van der Waals surface area contributed by atoms with Crippen LogP contribution in [0, 0.1) is 0 Å². The quantitative estimate of drug-likeness (QED) is 0.622. The van der Waals surface area contributed by atoms with E-state index in [0.717, 1.165) is 12.0 Å². The second-order valence-electron chi connectivity index (χ2n) is 3.85. The van der Waals surface area contributed by atoms with Gasteiger partial charge in [-0.15, -0.1) is 0 Å². The number of hydrogen-bond donors (Lipinski definition) is 0. The minimum atomic E-state index is -0.0215. The number of thiocarbonyl (C=S) groups is 1. The maximum atomic E-state index is 12.1. The molecule has 5 heteroatoms. The molecule has 0 bridgehead atoms. The fourth-order valence-electron chi connectivity index (χ4n) is 1.65. The minimum absolute atomic E-state index is 0.0215. The van der Waals surface area contributed by atoms with Gasteiger partial charge in [0, 0.05) is 11.6 Å². The number of amides is 1. The first kappa shape index (κ1) is 13.6. The van der Waals surface area contributed by atoms with E-state index in [-0.39, 0.29) is 5.91 Å². The molecule has 0 aliphatic carbocycles. The molecule has 0 spiro atoms. The smallest absolute Gasteiger partial charge is 0.266 e. The summed E-state index contributed by atoms with van der Waals surface area (Å²) in [6.07, 6.45) is 2.70. The van der Waals surface area contributed by atoms with E-state index in [2.05, 4.69) is 0 Å². The van der Waals surface area contributed by atoms with Gasteiger partial charge < -0.3 is 0 Å². The molecule has 0 aromatic heterocycles. The maximum Gasteiger partial charge on any atom is 0.266 e. The summed E-state index contributed by atoms with van der Waals surface area (Å²) in [5.41, 5.74) is 0.844. The second-order valence-corrected chi connectivity index (χ2v) is 5.94. The lowest BCUT2D eigenvalue weighted by Gasteiger charge is -2.11. The van der Waals surface area contributed by atoms with Crippen LogP contribution in [-0.4, -0.2) is 21.7 Å².